The number of carbonyl (C=O) groups excluding carboxylic acids is 2. The standard InChI is InChI=1S/C12H13NO6S/c1-19-12(16)11(15)7-10(14)8-4-3-5-9(6-8)13-20(2,17)18/h3-7,13-14H,1-2H3/b10-7+. The van der Waals surface area contributed by atoms with E-state index in [1.807, 2.05) is 0 Å². The summed E-state index contributed by atoms with van der Waals surface area (Å²) in [6.07, 6.45) is 1.68. The SMILES string of the molecule is COC(=O)C(=O)/C=C(/O)c1cccc(NS(C)(=O)=O)c1. The second-order valence-electron chi connectivity index (χ2n) is 3.84. The number of anilines is 1. The molecule has 7 nitrogen and oxygen atoms in total. The Morgan fingerprint density at radius 2 is 2.00 bits per heavy atom. The van der Waals surface area contributed by atoms with Gasteiger partial charge in [0.05, 0.1) is 13.4 Å². The van der Waals surface area contributed by atoms with Gasteiger partial charge in [-0.05, 0) is 12.1 Å². The summed E-state index contributed by atoms with van der Waals surface area (Å²) < 4.78 is 28.6. The van der Waals surface area contributed by atoms with Crippen LogP contribution in [-0.2, 0) is 24.3 Å². The normalized spacial score (nSPS) is 11.8. The Bertz CT molecular complexity index is 662. The number of esters is 1. The maximum Gasteiger partial charge on any atom is 0.378 e. The largest absolute Gasteiger partial charge is 0.507 e. The van der Waals surface area contributed by atoms with E-state index in [4.69, 9.17) is 0 Å². The molecule has 0 unspecified atom stereocenters. The van der Waals surface area contributed by atoms with Crippen LogP contribution in [0.3, 0.4) is 0 Å². The van der Waals surface area contributed by atoms with Gasteiger partial charge in [-0.15, -0.1) is 0 Å². The van der Waals surface area contributed by atoms with E-state index in [1.54, 1.807) is 0 Å². The molecule has 0 aliphatic rings. The number of hydrogen-bond donors (Lipinski definition) is 2. The summed E-state index contributed by atoms with van der Waals surface area (Å²) in [4.78, 5) is 22.2. The van der Waals surface area contributed by atoms with E-state index in [-0.39, 0.29) is 11.3 Å². The Labute approximate surface area is 115 Å². The van der Waals surface area contributed by atoms with Crippen LogP contribution in [0.25, 0.3) is 5.76 Å². The molecule has 0 heterocycles. The number of aliphatic hydroxyl groups is 1. The van der Waals surface area contributed by atoms with E-state index in [0.29, 0.717) is 6.08 Å². The summed E-state index contributed by atoms with van der Waals surface area (Å²) in [5.41, 5.74) is 0.395. The van der Waals surface area contributed by atoms with Crippen LogP contribution in [0.2, 0.25) is 0 Å². The molecule has 0 radical (unpaired) electrons. The summed E-state index contributed by atoms with van der Waals surface area (Å²) in [6, 6.07) is 5.72. The minimum Gasteiger partial charge on any atom is -0.507 e. The fourth-order valence-corrected chi connectivity index (χ4v) is 1.88. The first-order valence-corrected chi connectivity index (χ1v) is 7.23. The lowest BCUT2D eigenvalue weighted by molar-refractivity contribution is -0.149. The van der Waals surface area contributed by atoms with Crippen LogP contribution in [0.4, 0.5) is 5.69 Å². The molecule has 0 aliphatic carbocycles. The predicted molar refractivity (Wildman–Crippen MR) is 72.5 cm³/mol. The van der Waals surface area contributed by atoms with E-state index in [2.05, 4.69) is 9.46 Å². The highest BCUT2D eigenvalue weighted by atomic mass is 32.2. The third-order valence-electron chi connectivity index (χ3n) is 2.12. The molecular weight excluding hydrogens is 286 g/mol. The number of rotatable bonds is 5. The van der Waals surface area contributed by atoms with Crippen molar-refractivity contribution in [1.82, 2.24) is 0 Å². The number of ether oxygens (including phenoxy) is 1. The van der Waals surface area contributed by atoms with E-state index in [1.165, 1.54) is 24.3 Å². The van der Waals surface area contributed by atoms with Crippen LogP contribution in [-0.4, -0.2) is 38.6 Å². The second kappa shape index (κ2) is 6.20. The van der Waals surface area contributed by atoms with E-state index in [9.17, 15) is 23.1 Å². The van der Waals surface area contributed by atoms with Crippen molar-refractivity contribution in [3.8, 4) is 0 Å². The van der Waals surface area contributed by atoms with Crippen LogP contribution >= 0.6 is 0 Å². The van der Waals surface area contributed by atoms with Crippen molar-refractivity contribution in [3.63, 3.8) is 0 Å². The van der Waals surface area contributed by atoms with Crippen molar-refractivity contribution in [1.29, 1.82) is 0 Å². The van der Waals surface area contributed by atoms with E-state index in [0.717, 1.165) is 13.4 Å². The Hall–Kier alpha value is -2.35. The molecule has 8 heteroatoms. The van der Waals surface area contributed by atoms with Crippen molar-refractivity contribution in [2.45, 2.75) is 0 Å². The number of ketones is 1. The quantitative estimate of drug-likeness (QED) is 0.358. The van der Waals surface area contributed by atoms with Crippen molar-refractivity contribution in [2.75, 3.05) is 18.1 Å². The second-order valence-corrected chi connectivity index (χ2v) is 5.59. The van der Waals surface area contributed by atoms with Crippen LogP contribution in [0.15, 0.2) is 30.3 Å². The van der Waals surface area contributed by atoms with Gasteiger partial charge < -0.3 is 9.84 Å². The molecule has 0 bridgehead atoms. The molecule has 0 saturated heterocycles. The van der Waals surface area contributed by atoms with Crippen molar-refractivity contribution in [2.24, 2.45) is 0 Å². The zero-order chi connectivity index (χ0) is 15.3. The first-order valence-electron chi connectivity index (χ1n) is 5.34. The van der Waals surface area contributed by atoms with Crippen LogP contribution in [0, 0.1) is 0 Å². The van der Waals surface area contributed by atoms with Crippen LogP contribution in [0.1, 0.15) is 5.56 Å². The number of carbonyl (C=O) groups is 2. The summed E-state index contributed by atoms with van der Waals surface area (Å²) in [5.74, 6) is -2.61. The zero-order valence-corrected chi connectivity index (χ0v) is 11.6. The third kappa shape index (κ3) is 4.73. The lowest BCUT2D eigenvalue weighted by Crippen LogP contribution is -2.13. The van der Waals surface area contributed by atoms with Gasteiger partial charge in [0, 0.05) is 17.3 Å². The monoisotopic (exact) mass is 299 g/mol. The number of methoxy groups -OCH3 is 1. The molecule has 0 saturated carbocycles. The smallest absolute Gasteiger partial charge is 0.378 e. The summed E-state index contributed by atoms with van der Waals surface area (Å²) >= 11 is 0. The summed E-state index contributed by atoms with van der Waals surface area (Å²) in [6.45, 7) is 0. The van der Waals surface area contributed by atoms with Gasteiger partial charge in [-0.25, -0.2) is 13.2 Å². The van der Waals surface area contributed by atoms with Gasteiger partial charge in [-0.2, -0.15) is 0 Å². The molecule has 2 N–H and O–H groups in total. The first-order chi connectivity index (χ1) is 9.23. The van der Waals surface area contributed by atoms with Gasteiger partial charge in [0.2, 0.25) is 10.0 Å². The lowest BCUT2D eigenvalue weighted by Gasteiger charge is -2.06. The fourth-order valence-electron chi connectivity index (χ4n) is 1.32. The lowest BCUT2D eigenvalue weighted by atomic mass is 10.1. The summed E-state index contributed by atoms with van der Waals surface area (Å²) in [5, 5.41) is 9.71. The highest BCUT2D eigenvalue weighted by molar-refractivity contribution is 7.92. The van der Waals surface area contributed by atoms with Gasteiger partial charge in [0.25, 0.3) is 5.78 Å². The molecule has 1 aromatic carbocycles. The van der Waals surface area contributed by atoms with Crippen molar-refractivity contribution < 1.29 is 27.9 Å². The first kappa shape index (κ1) is 15.7. The third-order valence-corrected chi connectivity index (χ3v) is 2.72. The molecule has 1 aromatic rings. The molecule has 0 fully saturated rings. The number of nitrogens with one attached hydrogen (secondary N) is 1. The molecule has 0 atom stereocenters. The predicted octanol–water partition coefficient (Wildman–Crippen LogP) is 0.699. The number of benzene rings is 1. The molecule has 0 amide bonds. The highest BCUT2D eigenvalue weighted by Gasteiger charge is 2.13. The van der Waals surface area contributed by atoms with E-state index >= 15 is 0 Å². The van der Waals surface area contributed by atoms with Crippen molar-refractivity contribution >= 4 is 33.2 Å². The Kier molecular flexibility index (Phi) is 4.87. The minimum absolute atomic E-state index is 0.177. The number of hydrogen-bond acceptors (Lipinski definition) is 6. The Morgan fingerprint density at radius 3 is 2.55 bits per heavy atom. The fraction of sp³-hybridized carbons (Fsp3) is 0.167. The average Bonchev–Trinajstić information content (AvgIpc) is 2.35. The van der Waals surface area contributed by atoms with Gasteiger partial charge in [-0.3, -0.25) is 9.52 Å². The minimum atomic E-state index is -3.45. The van der Waals surface area contributed by atoms with Gasteiger partial charge in [-0.1, -0.05) is 12.1 Å². The molecular formula is C12H13NO6S. The number of aliphatic hydroxyl groups excluding tert-OH is 1. The Balaban J connectivity index is 3.03. The van der Waals surface area contributed by atoms with Gasteiger partial charge >= 0.3 is 5.97 Å². The number of sulfonamides is 1. The topological polar surface area (TPSA) is 110 Å². The Morgan fingerprint density at radius 1 is 1.35 bits per heavy atom. The zero-order valence-electron chi connectivity index (χ0n) is 10.8. The highest BCUT2D eigenvalue weighted by Crippen LogP contribution is 2.17. The molecule has 0 spiro atoms. The molecule has 20 heavy (non-hydrogen) atoms. The average molecular weight is 299 g/mol. The summed E-state index contributed by atoms with van der Waals surface area (Å²) in [7, 11) is -2.41. The molecule has 0 aromatic heterocycles. The van der Waals surface area contributed by atoms with Crippen LogP contribution in [0.5, 0.6) is 0 Å². The molecule has 0 aliphatic heterocycles. The van der Waals surface area contributed by atoms with Gasteiger partial charge in [0.1, 0.15) is 5.76 Å². The van der Waals surface area contributed by atoms with Crippen LogP contribution < -0.4 is 4.72 Å². The molecule has 1 rings (SSSR count). The maximum absolute atomic E-state index is 11.2. The van der Waals surface area contributed by atoms with Gasteiger partial charge in [0.15, 0.2) is 0 Å². The molecule has 108 valence electrons. The maximum atomic E-state index is 11.2. The van der Waals surface area contributed by atoms with E-state index < -0.39 is 27.5 Å². The van der Waals surface area contributed by atoms with Crippen molar-refractivity contribution in [3.05, 3.63) is 35.9 Å².